The van der Waals surface area contributed by atoms with Gasteiger partial charge in [-0.3, -0.25) is 0 Å². The van der Waals surface area contributed by atoms with Crippen molar-refractivity contribution < 1.29 is 5.11 Å². The molecule has 2 heterocycles. The molecule has 1 aliphatic rings. The number of anilines is 3. The van der Waals surface area contributed by atoms with Gasteiger partial charge in [0.05, 0.1) is 6.61 Å². The molecule has 1 atom stereocenters. The molecule has 0 aromatic carbocycles. The fourth-order valence-electron chi connectivity index (χ4n) is 2.17. The predicted octanol–water partition coefficient (Wildman–Crippen LogP) is 1.09. The van der Waals surface area contributed by atoms with Crippen LogP contribution in [0.5, 0.6) is 0 Å². The Kier molecular flexibility index (Phi) is 5.34. The van der Waals surface area contributed by atoms with Crippen LogP contribution in [0.15, 0.2) is 0 Å². The summed E-state index contributed by atoms with van der Waals surface area (Å²) in [6.45, 7) is 6.68. The second-order valence-corrected chi connectivity index (χ2v) is 5.09. The van der Waals surface area contributed by atoms with Crippen molar-refractivity contribution in [3.8, 4) is 0 Å². The van der Waals surface area contributed by atoms with Crippen LogP contribution in [-0.2, 0) is 0 Å². The van der Waals surface area contributed by atoms with Crippen LogP contribution in [0.25, 0.3) is 0 Å². The normalized spacial score (nSPS) is 16.9. The molecule has 0 saturated carbocycles. The molecule has 7 heteroatoms. The zero-order valence-electron chi connectivity index (χ0n) is 12.3. The van der Waals surface area contributed by atoms with E-state index in [-0.39, 0.29) is 12.6 Å². The van der Waals surface area contributed by atoms with E-state index in [0.29, 0.717) is 17.8 Å². The van der Waals surface area contributed by atoms with Gasteiger partial charge in [-0.15, -0.1) is 0 Å². The number of aliphatic hydroxyl groups excluding tert-OH is 1. The molecule has 0 amide bonds. The Labute approximate surface area is 119 Å². The Morgan fingerprint density at radius 3 is 2.50 bits per heavy atom. The second kappa shape index (κ2) is 7.23. The highest BCUT2D eigenvalue weighted by molar-refractivity contribution is 5.44. The molecule has 2 rings (SSSR count). The first-order valence-corrected chi connectivity index (χ1v) is 7.35. The summed E-state index contributed by atoms with van der Waals surface area (Å²) in [7, 11) is 0. The van der Waals surface area contributed by atoms with Crippen molar-refractivity contribution in [2.75, 3.05) is 41.8 Å². The third-order valence-electron chi connectivity index (χ3n) is 3.25. The quantitative estimate of drug-likeness (QED) is 0.719. The number of piperidine rings is 1. The summed E-state index contributed by atoms with van der Waals surface area (Å²) < 4.78 is 0. The molecule has 0 bridgehead atoms. The highest BCUT2D eigenvalue weighted by Crippen LogP contribution is 2.18. The minimum Gasteiger partial charge on any atom is -0.394 e. The summed E-state index contributed by atoms with van der Waals surface area (Å²) in [5, 5.41) is 15.3. The smallest absolute Gasteiger partial charge is 0.231 e. The lowest BCUT2D eigenvalue weighted by Crippen LogP contribution is -2.32. The Morgan fingerprint density at radius 1 is 1.15 bits per heavy atom. The van der Waals surface area contributed by atoms with E-state index in [1.54, 1.807) is 0 Å². The molecule has 1 aromatic heterocycles. The molecule has 7 nitrogen and oxygen atoms in total. The molecule has 1 saturated heterocycles. The molecule has 0 aliphatic carbocycles. The van der Waals surface area contributed by atoms with E-state index in [0.717, 1.165) is 19.6 Å². The van der Waals surface area contributed by atoms with E-state index >= 15 is 0 Å². The van der Waals surface area contributed by atoms with Gasteiger partial charge in [-0.1, -0.05) is 0 Å². The molecule has 1 unspecified atom stereocenters. The van der Waals surface area contributed by atoms with Gasteiger partial charge < -0.3 is 20.6 Å². The summed E-state index contributed by atoms with van der Waals surface area (Å²) in [4.78, 5) is 15.5. The summed E-state index contributed by atoms with van der Waals surface area (Å²) in [6.07, 6.45) is 3.63. The van der Waals surface area contributed by atoms with Crippen LogP contribution in [0.2, 0.25) is 0 Å². The minimum atomic E-state index is -0.0823. The lowest BCUT2D eigenvalue weighted by molar-refractivity contribution is 0.281. The molecule has 3 N–H and O–H groups in total. The highest BCUT2D eigenvalue weighted by Gasteiger charge is 2.16. The van der Waals surface area contributed by atoms with Crippen molar-refractivity contribution >= 4 is 17.8 Å². The third-order valence-corrected chi connectivity index (χ3v) is 3.25. The largest absolute Gasteiger partial charge is 0.394 e. The number of hydrogen-bond donors (Lipinski definition) is 3. The Hall–Kier alpha value is -1.63. The van der Waals surface area contributed by atoms with E-state index in [4.69, 9.17) is 5.11 Å². The van der Waals surface area contributed by atoms with Gasteiger partial charge in [-0.2, -0.15) is 15.0 Å². The lowest BCUT2D eigenvalue weighted by Gasteiger charge is -2.27. The van der Waals surface area contributed by atoms with Crippen LogP contribution >= 0.6 is 0 Å². The second-order valence-electron chi connectivity index (χ2n) is 5.09. The van der Waals surface area contributed by atoms with Gasteiger partial charge in [-0.25, -0.2) is 0 Å². The van der Waals surface area contributed by atoms with Crippen LogP contribution < -0.4 is 15.5 Å². The topological polar surface area (TPSA) is 86.2 Å². The number of nitrogens with zero attached hydrogens (tertiary/aromatic N) is 4. The van der Waals surface area contributed by atoms with Crippen molar-refractivity contribution in [2.24, 2.45) is 0 Å². The number of nitrogens with one attached hydrogen (secondary N) is 2. The van der Waals surface area contributed by atoms with Crippen LogP contribution in [0.1, 0.15) is 33.1 Å². The predicted molar refractivity (Wildman–Crippen MR) is 80.2 cm³/mol. The van der Waals surface area contributed by atoms with Crippen molar-refractivity contribution in [1.29, 1.82) is 0 Å². The number of aliphatic hydroxyl groups is 1. The van der Waals surface area contributed by atoms with Gasteiger partial charge in [0.2, 0.25) is 17.8 Å². The van der Waals surface area contributed by atoms with E-state index in [2.05, 4.69) is 30.5 Å². The summed E-state index contributed by atoms with van der Waals surface area (Å²) >= 11 is 0. The fraction of sp³-hybridized carbons (Fsp3) is 0.769. The first-order chi connectivity index (χ1) is 9.72. The average Bonchev–Trinajstić information content (AvgIpc) is 2.48. The zero-order valence-corrected chi connectivity index (χ0v) is 12.3. The molecule has 1 aliphatic heterocycles. The molecule has 0 radical (unpaired) electrons. The SMILES string of the molecule is CCNc1nc(NC(C)CO)nc(N2CCCCC2)n1. The van der Waals surface area contributed by atoms with Crippen LogP contribution in [0.4, 0.5) is 17.8 Å². The van der Waals surface area contributed by atoms with E-state index in [1.807, 2.05) is 13.8 Å². The maximum Gasteiger partial charge on any atom is 0.231 e. The van der Waals surface area contributed by atoms with Gasteiger partial charge in [0.15, 0.2) is 0 Å². The number of aromatic nitrogens is 3. The van der Waals surface area contributed by atoms with Crippen molar-refractivity contribution in [3.05, 3.63) is 0 Å². The Bertz CT molecular complexity index is 421. The van der Waals surface area contributed by atoms with Crippen LogP contribution in [-0.4, -0.2) is 52.3 Å². The van der Waals surface area contributed by atoms with Gasteiger partial charge in [0.25, 0.3) is 0 Å². The van der Waals surface area contributed by atoms with Gasteiger partial charge in [0.1, 0.15) is 0 Å². The van der Waals surface area contributed by atoms with E-state index in [1.165, 1.54) is 19.3 Å². The molecular formula is C13H24N6O. The molecule has 1 fully saturated rings. The third kappa shape index (κ3) is 3.93. The first kappa shape index (κ1) is 14.8. The molecule has 0 spiro atoms. The molecule has 20 heavy (non-hydrogen) atoms. The Morgan fingerprint density at radius 2 is 1.85 bits per heavy atom. The number of hydrogen-bond acceptors (Lipinski definition) is 7. The minimum absolute atomic E-state index is 0.0429. The van der Waals surface area contributed by atoms with E-state index in [9.17, 15) is 0 Å². The van der Waals surface area contributed by atoms with Crippen LogP contribution in [0, 0.1) is 0 Å². The fourth-order valence-corrected chi connectivity index (χ4v) is 2.17. The summed E-state index contributed by atoms with van der Waals surface area (Å²) in [6, 6.07) is -0.0823. The van der Waals surface area contributed by atoms with Crippen molar-refractivity contribution in [3.63, 3.8) is 0 Å². The summed E-state index contributed by atoms with van der Waals surface area (Å²) in [5.74, 6) is 1.80. The van der Waals surface area contributed by atoms with Crippen molar-refractivity contribution in [1.82, 2.24) is 15.0 Å². The van der Waals surface area contributed by atoms with E-state index < -0.39 is 0 Å². The van der Waals surface area contributed by atoms with Gasteiger partial charge in [-0.05, 0) is 33.1 Å². The van der Waals surface area contributed by atoms with Crippen LogP contribution in [0.3, 0.4) is 0 Å². The molecule has 112 valence electrons. The van der Waals surface area contributed by atoms with Gasteiger partial charge in [0, 0.05) is 25.7 Å². The molecular weight excluding hydrogens is 256 g/mol. The monoisotopic (exact) mass is 280 g/mol. The average molecular weight is 280 g/mol. The lowest BCUT2D eigenvalue weighted by atomic mass is 10.1. The van der Waals surface area contributed by atoms with Gasteiger partial charge >= 0.3 is 0 Å². The first-order valence-electron chi connectivity index (χ1n) is 7.35. The maximum atomic E-state index is 9.13. The highest BCUT2D eigenvalue weighted by atomic mass is 16.3. The molecule has 1 aromatic rings. The zero-order chi connectivity index (χ0) is 14.4. The maximum absolute atomic E-state index is 9.13. The summed E-state index contributed by atoms with van der Waals surface area (Å²) in [5.41, 5.74) is 0. The Balaban J connectivity index is 2.20. The standard InChI is InChI=1S/C13H24N6O/c1-3-14-11-16-12(15-10(2)9-20)18-13(17-11)19-7-5-4-6-8-19/h10,20H,3-9H2,1-2H3,(H2,14,15,16,17,18). The number of rotatable bonds is 6. The van der Waals surface area contributed by atoms with Crippen molar-refractivity contribution in [2.45, 2.75) is 39.2 Å².